The van der Waals surface area contributed by atoms with Crippen molar-refractivity contribution >= 4 is 22.8 Å². The Balaban J connectivity index is 1.32. The maximum Gasteiger partial charge on any atom is 0.336 e. The van der Waals surface area contributed by atoms with Gasteiger partial charge in [-0.2, -0.15) is 0 Å². The minimum Gasteiger partial charge on any atom is -0.461 e. The second-order valence-corrected chi connectivity index (χ2v) is 8.73. The first-order valence-corrected chi connectivity index (χ1v) is 11.7. The van der Waals surface area contributed by atoms with Crippen LogP contribution in [0.15, 0.2) is 88.1 Å². The van der Waals surface area contributed by atoms with Crippen LogP contribution in [0.5, 0.6) is 0 Å². The maximum absolute atomic E-state index is 12.9. The van der Waals surface area contributed by atoms with Gasteiger partial charge in [0.25, 0.3) is 5.91 Å². The fourth-order valence-corrected chi connectivity index (χ4v) is 4.57. The van der Waals surface area contributed by atoms with Gasteiger partial charge in [-0.15, -0.1) is 0 Å². The highest BCUT2D eigenvalue weighted by molar-refractivity contribution is 5.94. The topological polar surface area (TPSA) is 85.6 Å². The zero-order chi connectivity index (χ0) is 24.2. The molecule has 0 spiro atoms. The highest BCUT2D eigenvalue weighted by atomic mass is 16.5. The molecule has 0 saturated carbocycles. The molecule has 3 aromatic carbocycles. The maximum atomic E-state index is 12.9. The van der Waals surface area contributed by atoms with Gasteiger partial charge in [0.2, 0.25) is 0 Å². The molecule has 4 aromatic rings. The van der Waals surface area contributed by atoms with Crippen molar-refractivity contribution in [1.29, 1.82) is 0 Å². The lowest BCUT2D eigenvalue weighted by molar-refractivity contribution is -0.145. The summed E-state index contributed by atoms with van der Waals surface area (Å²) in [5, 5.41) is 3.73. The third-order valence-corrected chi connectivity index (χ3v) is 6.35. The van der Waals surface area contributed by atoms with Gasteiger partial charge in [-0.05, 0) is 60.2 Å². The van der Waals surface area contributed by atoms with Crippen LogP contribution in [0.3, 0.4) is 0 Å². The van der Waals surface area contributed by atoms with Gasteiger partial charge in [0.15, 0.2) is 0 Å². The van der Waals surface area contributed by atoms with Crippen LogP contribution in [0.2, 0.25) is 0 Å². The minimum atomic E-state index is -0.558. The van der Waals surface area contributed by atoms with Crippen molar-refractivity contribution in [2.75, 3.05) is 0 Å². The molecule has 0 bridgehead atoms. The van der Waals surface area contributed by atoms with Gasteiger partial charge >= 0.3 is 11.6 Å². The molecule has 176 valence electrons. The largest absolute Gasteiger partial charge is 0.461 e. The van der Waals surface area contributed by atoms with Gasteiger partial charge in [-0.3, -0.25) is 9.59 Å². The fourth-order valence-electron chi connectivity index (χ4n) is 4.57. The Hall–Kier alpha value is -4.19. The van der Waals surface area contributed by atoms with Gasteiger partial charge in [-0.1, -0.05) is 48.5 Å². The molecule has 0 saturated heterocycles. The molecule has 6 heteroatoms. The van der Waals surface area contributed by atoms with Crippen LogP contribution in [0.25, 0.3) is 11.0 Å². The van der Waals surface area contributed by atoms with Crippen LogP contribution in [0.1, 0.15) is 51.5 Å². The molecule has 0 unspecified atom stereocenters. The van der Waals surface area contributed by atoms with Gasteiger partial charge in [-0.25, -0.2) is 4.79 Å². The molecule has 1 N–H and O–H groups in total. The van der Waals surface area contributed by atoms with Gasteiger partial charge in [0.1, 0.15) is 12.2 Å². The van der Waals surface area contributed by atoms with Crippen molar-refractivity contribution in [3.63, 3.8) is 0 Å². The van der Waals surface area contributed by atoms with E-state index in [0.29, 0.717) is 16.7 Å². The zero-order valence-corrected chi connectivity index (χ0v) is 19.2. The zero-order valence-electron chi connectivity index (χ0n) is 19.2. The number of benzene rings is 3. The average molecular weight is 468 g/mol. The van der Waals surface area contributed by atoms with E-state index in [4.69, 9.17) is 9.15 Å². The molecule has 5 rings (SSSR count). The number of nitrogens with one attached hydrogen (secondary N) is 1. The van der Waals surface area contributed by atoms with Crippen molar-refractivity contribution in [3.8, 4) is 0 Å². The molecule has 0 aliphatic heterocycles. The van der Waals surface area contributed by atoms with Crippen LogP contribution in [0, 0.1) is 0 Å². The second kappa shape index (κ2) is 9.97. The summed E-state index contributed by atoms with van der Waals surface area (Å²) in [6.45, 7) is -0.0478. The monoisotopic (exact) mass is 467 g/mol. The predicted octanol–water partition coefficient (Wildman–Crippen LogP) is 4.89. The summed E-state index contributed by atoms with van der Waals surface area (Å²) in [4.78, 5) is 37.7. The van der Waals surface area contributed by atoms with Gasteiger partial charge in [0, 0.05) is 22.6 Å². The molecular formula is C29H25NO5. The van der Waals surface area contributed by atoms with Crippen molar-refractivity contribution in [3.05, 3.63) is 117 Å². The summed E-state index contributed by atoms with van der Waals surface area (Å²) in [6.07, 6.45) is 3.00. The molecule has 35 heavy (non-hydrogen) atoms. The normalized spacial score (nSPS) is 13.3. The van der Waals surface area contributed by atoms with Gasteiger partial charge in [0.05, 0.1) is 12.5 Å². The molecule has 6 nitrogen and oxygen atoms in total. The standard InChI is InChI=1S/C29H25NO5/c31-27(17-25(19-8-3-1-4-9-19)30-29(33)20-10-5-2-6-11-20)34-18-23-16-28(32)35-26-15-22-13-7-12-21(22)14-24(23)26/h1-6,8-11,14-16,25H,7,12-13,17-18H2,(H,30,33)/t25-/m0/s1. The van der Waals surface area contributed by atoms with Crippen molar-refractivity contribution in [2.24, 2.45) is 0 Å². The first-order valence-electron chi connectivity index (χ1n) is 11.7. The lowest BCUT2D eigenvalue weighted by Crippen LogP contribution is -2.30. The molecule has 1 atom stereocenters. The second-order valence-electron chi connectivity index (χ2n) is 8.73. The number of aryl methyl sites for hydroxylation is 2. The molecule has 0 fully saturated rings. The van der Waals surface area contributed by atoms with Gasteiger partial charge < -0.3 is 14.5 Å². The Morgan fingerprint density at radius 3 is 2.34 bits per heavy atom. The average Bonchev–Trinajstić information content (AvgIpc) is 3.34. The first-order chi connectivity index (χ1) is 17.1. The lowest BCUT2D eigenvalue weighted by atomic mass is 10.0. The molecule has 1 heterocycles. The third kappa shape index (κ3) is 5.17. The highest BCUT2D eigenvalue weighted by Crippen LogP contribution is 2.29. The van der Waals surface area contributed by atoms with Crippen LogP contribution < -0.4 is 10.9 Å². The third-order valence-electron chi connectivity index (χ3n) is 6.35. The van der Waals surface area contributed by atoms with E-state index in [-0.39, 0.29) is 18.9 Å². The number of ether oxygens (including phenoxy) is 1. The molecule has 1 aromatic heterocycles. The predicted molar refractivity (Wildman–Crippen MR) is 132 cm³/mol. The molecule has 1 amide bonds. The minimum absolute atomic E-state index is 0.0443. The summed E-state index contributed by atoms with van der Waals surface area (Å²) in [6, 6.07) is 23.0. The Labute approximate surface area is 202 Å². The quantitative estimate of drug-likeness (QED) is 0.309. The summed E-state index contributed by atoms with van der Waals surface area (Å²) in [5.41, 5.74) is 4.41. The Kier molecular flexibility index (Phi) is 6.44. The van der Waals surface area contributed by atoms with E-state index in [2.05, 4.69) is 5.32 Å². The Morgan fingerprint density at radius 1 is 0.914 bits per heavy atom. The van der Waals surface area contributed by atoms with E-state index in [9.17, 15) is 14.4 Å². The summed E-state index contributed by atoms with van der Waals surface area (Å²) in [7, 11) is 0. The number of hydrogen-bond acceptors (Lipinski definition) is 5. The number of carbonyl (C=O) groups excluding carboxylic acids is 2. The van der Waals surface area contributed by atoms with E-state index < -0.39 is 17.6 Å². The SMILES string of the molecule is O=C(C[C@H](NC(=O)c1ccccc1)c1ccccc1)OCc1cc(=O)oc2cc3c(cc12)CCC3. The molecular weight excluding hydrogens is 442 g/mol. The molecule has 1 aliphatic rings. The Bertz CT molecular complexity index is 1430. The van der Waals surface area contributed by atoms with Crippen LogP contribution in [-0.4, -0.2) is 11.9 Å². The van der Waals surface area contributed by atoms with Crippen molar-refractivity contribution < 1.29 is 18.7 Å². The van der Waals surface area contributed by atoms with E-state index >= 15 is 0 Å². The van der Waals surface area contributed by atoms with E-state index in [1.165, 1.54) is 17.2 Å². The number of esters is 1. The summed E-state index contributed by atoms with van der Waals surface area (Å²) >= 11 is 0. The number of hydrogen-bond donors (Lipinski definition) is 1. The van der Waals surface area contributed by atoms with E-state index in [1.807, 2.05) is 48.5 Å². The summed E-state index contributed by atoms with van der Waals surface area (Å²) in [5.74, 6) is -0.748. The summed E-state index contributed by atoms with van der Waals surface area (Å²) < 4.78 is 11.0. The van der Waals surface area contributed by atoms with E-state index in [1.54, 1.807) is 24.3 Å². The lowest BCUT2D eigenvalue weighted by Gasteiger charge is -2.19. The van der Waals surface area contributed by atoms with Crippen molar-refractivity contribution in [2.45, 2.75) is 38.3 Å². The van der Waals surface area contributed by atoms with E-state index in [0.717, 1.165) is 30.2 Å². The van der Waals surface area contributed by atoms with Crippen LogP contribution >= 0.6 is 0 Å². The fraction of sp³-hybridized carbons (Fsp3) is 0.207. The van der Waals surface area contributed by atoms with Crippen LogP contribution in [-0.2, 0) is 29.0 Å². The highest BCUT2D eigenvalue weighted by Gasteiger charge is 2.21. The number of rotatable bonds is 7. The number of fused-ring (bicyclic) bond motifs is 2. The smallest absolute Gasteiger partial charge is 0.336 e. The van der Waals surface area contributed by atoms with Crippen molar-refractivity contribution in [1.82, 2.24) is 5.32 Å². The molecule has 0 radical (unpaired) electrons. The molecule has 1 aliphatic carbocycles. The van der Waals surface area contributed by atoms with Crippen LogP contribution in [0.4, 0.5) is 0 Å². The number of amides is 1. The first kappa shape index (κ1) is 22.6. The number of carbonyl (C=O) groups is 2. The Morgan fingerprint density at radius 2 is 1.60 bits per heavy atom.